The van der Waals surface area contributed by atoms with Crippen molar-refractivity contribution in [2.24, 2.45) is 0 Å². The Morgan fingerprint density at radius 2 is 2.25 bits per heavy atom. The van der Waals surface area contributed by atoms with Gasteiger partial charge in [-0.15, -0.1) is 0 Å². The number of aliphatic hydroxyl groups excluding tert-OH is 1. The van der Waals surface area contributed by atoms with Crippen molar-refractivity contribution in [3.05, 3.63) is 12.2 Å². The highest BCUT2D eigenvalue weighted by Crippen LogP contribution is 2.20. The molecule has 0 aromatic carbocycles. The zero-order chi connectivity index (χ0) is 8.39. The van der Waals surface area contributed by atoms with Gasteiger partial charge in [-0.1, -0.05) is 12.2 Å². The van der Waals surface area contributed by atoms with Gasteiger partial charge in [-0.2, -0.15) is 0 Å². The second-order valence-electron chi connectivity index (χ2n) is 3.86. The normalized spacial score (nSPS) is 37.4. The summed E-state index contributed by atoms with van der Waals surface area (Å²) in [6.45, 7) is 1.96. The van der Waals surface area contributed by atoms with Crippen LogP contribution in [0.5, 0.6) is 0 Å². The molecule has 0 radical (unpaired) electrons. The molecule has 0 bridgehead atoms. The van der Waals surface area contributed by atoms with Crippen molar-refractivity contribution in [1.29, 1.82) is 0 Å². The first kappa shape index (κ1) is 8.27. The summed E-state index contributed by atoms with van der Waals surface area (Å²) in [7, 11) is 0. The van der Waals surface area contributed by atoms with Gasteiger partial charge in [0.05, 0.1) is 6.10 Å². The molecule has 1 aliphatic carbocycles. The molecule has 1 saturated heterocycles. The summed E-state index contributed by atoms with van der Waals surface area (Å²) in [5.41, 5.74) is 0. The van der Waals surface area contributed by atoms with Crippen LogP contribution in [0.15, 0.2) is 12.2 Å². The van der Waals surface area contributed by atoms with Crippen molar-refractivity contribution >= 4 is 0 Å². The maximum atomic E-state index is 9.36. The summed E-state index contributed by atoms with van der Waals surface area (Å²) < 4.78 is 0. The van der Waals surface area contributed by atoms with Gasteiger partial charge in [0.25, 0.3) is 0 Å². The minimum atomic E-state index is -0.0691. The lowest BCUT2D eigenvalue weighted by Gasteiger charge is -2.26. The van der Waals surface area contributed by atoms with E-state index >= 15 is 0 Å². The molecule has 2 aliphatic rings. The second kappa shape index (κ2) is 3.58. The number of allylic oxidation sites excluding steroid dienone is 1. The number of nitrogens with zero attached hydrogens (tertiary/aromatic N) is 1. The highest BCUT2D eigenvalue weighted by atomic mass is 16.3. The van der Waals surface area contributed by atoms with E-state index in [0.29, 0.717) is 6.04 Å². The lowest BCUT2D eigenvalue weighted by molar-refractivity contribution is 0.164. The van der Waals surface area contributed by atoms with Gasteiger partial charge in [0, 0.05) is 19.1 Å². The van der Waals surface area contributed by atoms with E-state index in [-0.39, 0.29) is 6.10 Å². The van der Waals surface area contributed by atoms with Gasteiger partial charge in [-0.05, 0) is 25.7 Å². The van der Waals surface area contributed by atoms with Crippen LogP contribution < -0.4 is 0 Å². The number of hydrogen-bond acceptors (Lipinski definition) is 2. The maximum Gasteiger partial charge on any atom is 0.0679 e. The first-order chi connectivity index (χ1) is 5.86. The van der Waals surface area contributed by atoms with E-state index in [1.54, 1.807) is 0 Å². The van der Waals surface area contributed by atoms with Crippen molar-refractivity contribution in [2.45, 2.75) is 37.8 Å². The van der Waals surface area contributed by atoms with Crippen molar-refractivity contribution in [3.63, 3.8) is 0 Å². The highest BCUT2D eigenvalue weighted by molar-refractivity contribution is 5.00. The lowest BCUT2D eigenvalue weighted by atomic mass is 10.0. The number of aliphatic hydroxyl groups is 1. The van der Waals surface area contributed by atoms with Gasteiger partial charge in [-0.25, -0.2) is 0 Å². The fourth-order valence-corrected chi connectivity index (χ4v) is 2.17. The molecule has 2 heteroatoms. The molecule has 1 N–H and O–H groups in total. The third kappa shape index (κ3) is 1.70. The van der Waals surface area contributed by atoms with E-state index in [2.05, 4.69) is 17.1 Å². The first-order valence-corrected chi connectivity index (χ1v) is 4.95. The van der Waals surface area contributed by atoms with Crippen LogP contribution >= 0.6 is 0 Å². The number of hydrogen-bond donors (Lipinski definition) is 1. The van der Waals surface area contributed by atoms with Crippen LogP contribution in [0.1, 0.15) is 25.7 Å². The monoisotopic (exact) mass is 167 g/mol. The molecule has 2 unspecified atom stereocenters. The zero-order valence-electron chi connectivity index (χ0n) is 7.45. The standard InChI is InChI=1S/C10H17NO/c12-10-6-7-11(8-10)9-4-2-1-3-5-9/h2,4,9-10,12H,1,3,5-8H2. The minimum Gasteiger partial charge on any atom is -0.392 e. The Morgan fingerprint density at radius 3 is 2.83 bits per heavy atom. The Bertz CT molecular complexity index is 179. The fourth-order valence-electron chi connectivity index (χ4n) is 2.17. The van der Waals surface area contributed by atoms with Crippen molar-refractivity contribution < 1.29 is 5.11 Å². The quantitative estimate of drug-likeness (QED) is 0.592. The summed E-state index contributed by atoms with van der Waals surface area (Å²) in [6.07, 6.45) is 9.31. The SMILES string of the molecule is OC1CCN(C2C=CCCC2)C1. The van der Waals surface area contributed by atoms with Gasteiger partial charge < -0.3 is 5.11 Å². The third-order valence-electron chi connectivity index (χ3n) is 2.89. The molecular formula is C10H17NO. The van der Waals surface area contributed by atoms with E-state index in [1.165, 1.54) is 19.3 Å². The van der Waals surface area contributed by atoms with Crippen LogP contribution in [0.3, 0.4) is 0 Å². The Labute approximate surface area is 73.9 Å². The summed E-state index contributed by atoms with van der Waals surface area (Å²) in [6, 6.07) is 0.621. The van der Waals surface area contributed by atoms with Crippen molar-refractivity contribution in [2.75, 3.05) is 13.1 Å². The highest BCUT2D eigenvalue weighted by Gasteiger charge is 2.25. The Balaban J connectivity index is 1.91. The summed E-state index contributed by atoms with van der Waals surface area (Å²) in [4.78, 5) is 2.40. The molecule has 2 nitrogen and oxygen atoms in total. The molecule has 68 valence electrons. The average molecular weight is 167 g/mol. The Kier molecular flexibility index (Phi) is 2.47. The molecule has 12 heavy (non-hydrogen) atoms. The summed E-state index contributed by atoms with van der Waals surface area (Å²) in [5, 5.41) is 9.36. The van der Waals surface area contributed by atoms with E-state index < -0.39 is 0 Å². The second-order valence-corrected chi connectivity index (χ2v) is 3.86. The van der Waals surface area contributed by atoms with E-state index in [9.17, 15) is 5.11 Å². The molecule has 1 aliphatic heterocycles. The number of β-amino-alcohol motifs (C(OH)–C–C–N with tert-alkyl or cyclic N) is 1. The third-order valence-corrected chi connectivity index (χ3v) is 2.89. The average Bonchev–Trinajstić information content (AvgIpc) is 2.54. The molecule has 2 atom stereocenters. The molecule has 1 heterocycles. The molecule has 0 amide bonds. The largest absolute Gasteiger partial charge is 0.392 e. The lowest BCUT2D eigenvalue weighted by Crippen LogP contribution is -2.33. The summed E-state index contributed by atoms with van der Waals surface area (Å²) >= 11 is 0. The van der Waals surface area contributed by atoms with Gasteiger partial charge in [0.15, 0.2) is 0 Å². The van der Waals surface area contributed by atoms with E-state index in [1.807, 2.05) is 0 Å². The van der Waals surface area contributed by atoms with Crippen LogP contribution in [0.2, 0.25) is 0 Å². The van der Waals surface area contributed by atoms with Gasteiger partial charge in [0.1, 0.15) is 0 Å². The Hall–Kier alpha value is -0.340. The molecule has 0 spiro atoms. The van der Waals surface area contributed by atoms with Crippen molar-refractivity contribution in [1.82, 2.24) is 4.90 Å². The fraction of sp³-hybridized carbons (Fsp3) is 0.800. The molecular weight excluding hydrogens is 150 g/mol. The zero-order valence-corrected chi connectivity index (χ0v) is 7.45. The van der Waals surface area contributed by atoms with Gasteiger partial charge in [-0.3, -0.25) is 4.90 Å². The van der Waals surface area contributed by atoms with Crippen LogP contribution in [0, 0.1) is 0 Å². The Morgan fingerprint density at radius 1 is 1.33 bits per heavy atom. The molecule has 1 fully saturated rings. The van der Waals surface area contributed by atoms with Crippen LogP contribution in [0.25, 0.3) is 0 Å². The van der Waals surface area contributed by atoms with Crippen LogP contribution in [0.4, 0.5) is 0 Å². The maximum absolute atomic E-state index is 9.36. The summed E-state index contributed by atoms with van der Waals surface area (Å²) in [5.74, 6) is 0. The van der Waals surface area contributed by atoms with Gasteiger partial charge >= 0.3 is 0 Å². The number of likely N-dealkylation sites (tertiary alicyclic amines) is 1. The molecule has 0 aromatic rings. The first-order valence-electron chi connectivity index (χ1n) is 4.95. The predicted molar refractivity (Wildman–Crippen MR) is 49.0 cm³/mol. The van der Waals surface area contributed by atoms with E-state index in [4.69, 9.17) is 0 Å². The topological polar surface area (TPSA) is 23.5 Å². The number of rotatable bonds is 1. The predicted octanol–water partition coefficient (Wildman–Crippen LogP) is 1.16. The molecule has 0 saturated carbocycles. The molecule has 0 aromatic heterocycles. The van der Waals surface area contributed by atoms with E-state index in [0.717, 1.165) is 19.5 Å². The smallest absolute Gasteiger partial charge is 0.0679 e. The molecule has 2 rings (SSSR count). The van der Waals surface area contributed by atoms with Crippen LogP contribution in [-0.2, 0) is 0 Å². The minimum absolute atomic E-state index is 0.0691. The van der Waals surface area contributed by atoms with Crippen LogP contribution in [-0.4, -0.2) is 35.2 Å². The van der Waals surface area contributed by atoms with Crippen molar-refractivity contribution in [3.8, 4) is 0 Å². The van der Waals surface area contributed by atoms with Gasteiger partial charge in [0.2, 0.25) is 0 Å².